The smallest absolute Gasteiger partial charge is 0.193 e. The van der Waals surface area contributed by atoms with Crippen LogP contribution in [0.25, 0.3) is 0 Å². The molecule has 1 N–H and O–H groups in total. The number of unbranched alkanes of at least 4 members (excludes halogenated alkanes) is 3. The van der Waals surface area contributed by atoms with E-state index in [9.17, 15) is 8.42 Å². The molecule has 5 nitrogen and oxygen atoms in total. The highest BCUT2D eigenvalue weighted by molar-refractivity contribution is 7.92. The summed E-state index contributed by atoms with van der Waals surface area (Å²) in [5.74, 6) is 1.07. The molecule has 124 valence electrons. The fourth-order valence-corrected chi connectivity index (χ4v) is 3.84. The first-order valence-corrected chi connectivity index (χ1v) is 9.75. The summed E-state index contributed by atoms with van der Waals surface area (Å²) >= 11 is 0. The van der Waals surface area contributed by atoms with E-state index in [1.165, 1.54) is 19.3 Å². The standard InChI is InChI=1S/C15H31N3O2S/c1-5-7-8-9-10-17-14(16-6-2)18-11-12-21(19,20)15(3,4)13-18/h5-13H2,1-4H3,(H,16,17). The van der Waals surface area contributed by atoms with Crippen molar-refractivity contribution in [3.63, 3.8) is 0 Å². The van der Waals surface area contributed by atoms with E-state index in [0.717, 1.165) is 25.5 Å². The van der Waals surface area contributed by atoms with Crippen molar-refractivity contribution in [3.05, 3.63) is 0 Å². The molecule has 0 saturated carbocycles. The van der Waals surface area contributed by atoms with Gasteiger partial charge in [0.1, 0.15) is 0 Å². The van der Waals surface area contributed by atoms with Crippen molar-refractivity contribution < 1.29 is 8.42 Å². The average Bonchev–Trinajstić information content (AvgIpc) is 2.40. The Morgan fingerprint density at radius 1 is 1.24 bits per heavy atom. The molecule has 0 amide bonds. The summed E-state index contributed by atoms with van der Waals surface area (Å²) in [4.78, 5) is 6.75. The Bertz CT molecular complexity index is 444. The molecule has 0 radical (unpaired) electrons. The van der Waals surface area contributed by atoms with Crippen molar-refractivity contribution in [2.45, 2.75) is 58.1 Å². The Kier molecular flexibility index (Phi) is 6.97. The van der Waals surface area contributed by atoms with Crippen molar-refractivity contribution in [1.29, 1.82) is 0 Å². The van der Waals surface area contributed by atoms with Gasteiger partial charge in [-0.2, -0.15) is 0 Å². The minimum atomic E-state index is -3.00. The largest absolute Gasteiger partial charge is 0.357 e. The van der Waals surface area contributed by atoms with Crippen LogP contribution in [0.15, 0.2) is 4.99 Å². The SMILES string of the molecule is CCCCCCN=C(NCC)N1CCS(=O)(=O)C(C)(C)C1. The van der Waals surface area contributed by atoms with Crippen LogP contribution < -0.4 is 5.32 Å². The summed E-state index contributed by atoms with van der Waals surface area (Å²) in [6.45, 7) is 10.5. The van der Waals surface area contributed by atoms with E-state index in [1.54, 1.807) is 13.8 Å². The molecule has 1 saturated heterocycles. The summed E-state index contributed by atoms with van der Waals surface area (Å²) in [5, 5.41) is 3.29. The van der Waals surface area contributed by atoms with Gasteiger partial charge in [0.05, 0.1) is 10.5 Å². The fraction of sp³-hybridized carbons (Fsp3) is 0.933. The Labute approximate surface area is 130 Å². The second-order valence-electron chi connectivity index (χ2n) is 6.30. The van der Waals surface area contributed by atoms with E-state index in [1.807, 2.05) is 6.92 Å². The second-order valence-corrected chi connectivity index (χ2v) is 9.04. The van der Waals surface area contributed by atoms with Crippen LogP contribution in [0, 0.1) is 0 Å². The van der Waals surface area contributed by atoms with Crippen LogP contribution in [0.5, 0.6) is 0 Å². The number of sulfone groups is 1. The lowest BCUT2D eigenvalue weighted by Crippen LogP contribution is -2.57. The molecule has 0 bridgehead atoms. The molecule has 0 aromatic rings. The third-order valence-electron chi connectivity index (χ3n) is 3.95. The third kappa shape index (κ3) is 5.16. The maximum atomic E-state index is 12.1. The molecule has 0 aromatic heterocycles. The highest BCUT2D eigenvalue weighted by Gasteiger charge is 2.40. The van der Waals surface area contributed by atoms with Crippen molar-refractivity contribution in [2.75, 3.05) is 31.9 Å². The Hall–Kier alpha value is -0.780. The molecule has 1 aliphatic rings. The third-order valence-corrected chi connectivity index (χ3v) is 6.48. The van der Waals surface area contributed by atoms with Crippen LogP contribution in [-0.2, 0) is 9.84 Å². The summed E-state index contributed by atoms with van der Waals surface area (Å²) in [6.07, 6.45) is 4.78. The molecule has 1 rings (SSSR count). The maximum absolute atomic E-state index is 12.1. The number of guanidine groups is 1. The number of nitrogens with zero attached hydrogens (tertiary/aromatic N) is 2. The fourth-order valence-electron chi connectivity index (χ4n) is 2.47. The molecule has 21 heavy (non-hydrogen) atoms. The van der Waals surface area contributed by atoms with E-state index in [2.05, 4.69) is 22.1 Å². The summed E-state index contributed by atoms with van der Waals surface area (Å²) in [5.41, 5.74) is 0. The Balaban J connectivity index is 2.66. The molecule has 1 heterocycles. The first kappa shape index (κ1) is 18.3. The van der Waals surface area contributed by atoms with Crippen molar-refractivity contribution in [3.8, 4) is 0 Å². The predicted molar refractivity (Wildman–Crippen MR) is 89.6 cm³/mol. The average molecular weight is 317 g/mol. The zero-order valence-electron chi connectivity index (χ0n) is 14.0. The van der Waals surface area contributed by atoms with Gasteiger partial charge in [-0.15, -0.1) is 0 Å². The van der Waals surface area contributed by atoms with Crippen molar-refractivity contribution in [1.82, 2.24) is 10.2 Å². The lowest BCUT2D eigenvalue weighted by molar-refractivity contribution is 0.353. The number of aliphatic imine (C=N–C) groups is 1. The van der Waals surface area contributed by atoms with Gasteiger partial charge in [0.15, 0.2) is 15.8 Å². The van der Waals surface area contributed by atoms with Gasteiger partial charge in [0, 0.05) is 26.2 Å². The molecule has 0 unspecified atom stereocenters. The van der Waals surface area contributed by atoms with Crippen LogP contribution in [0.3, 0.4) is 0 Å². The normalized spacial score (nSPS) is 21.3. The zero-order chi connectivity index (χ0) is 15.9. The van der Waals surface area contributed by atoms with Gasteiger partial charge >= 0.3 is 0 Å². The summed E-state index contributed by atoms with van der Waals surface area (Å²) in [7, 11) is -3.00. The lowest BCUT2D eigenvalue weighted by atomic mass is 10.2. The quantitative estimate of drug-likeness (QED) is 0.463. The number of rotatable bonds is 6. The van der Waals surface area contributed by atoms with E-state index in [4.69, 9.17) is 0 Å². The summed E-state index contributed by atoms with van der Waals surface area (Å²) in [6, 6.07) is 0. The molecular weight excluding hydrogens is 286 g/mol. The monoisotopic (exact) mass is 317 g/mol. The van der Waals surface area contributed by atoms with Crippen LogP contribution in [0.2, 0.25) is 0 Å². The molecule has 1 fully saturated rings. The molecule has 0 atom stereocenters. The molecule has 6 heteroatoms. The number of hydrogen-bond acceptors (Lipinski definition) is 3. The molecule has 0 aromatic carbocycles. The molecular formula is C15H31N3O2S. The molecule has 0 aliphatic carbocycles. The first-order valence-electron chi connectivity index (χ1n) is 8.09. The van der Waals surface area contributed by atoms with Crippen LogP contribution in [-0.4, -0.2) is 56.0 Å². The van der Waals surface area contributed by atoms with Gasteiger partial charge in [-0.3, -0.25) is 4.99 Å². The van der Waals surface area contributed by atoms with Gasteiger partial charge in [-0.1, -0.05) is 26.2 Å². The van der Waals surface area contributed by atoms with Gasteiger partial charge in [-0.25, -0.2) is 8.42 Å². The summed E-state index contributed by atoms with van der Waals surface area (Å²) < 4.78 is 23.4. The Morgan fingerprint density at radius 3 is 2.52 bits per heavy atom. The number of hydrogen-bond donors (Lipinski definition) is 1. The van der Waals surface area contributed by atoms with Crippen LogP contribution >= 0.6 is 0 Å². The highest BCUT2D eigenvalue weighted by atomic mass is 32.2. The topological polar surface area (TPSA) is 61.8 Å². The maximum Gasteiger partial charge on any atom is 0.193 e. The van der Waals surface area contributed by atoms with Gasteiger partial charge in [0.2, 0.25) is 0 Å². The van der Waals surface area contributed by atoms with E-state index < -0.39 is 14.6 Å². The van der Waals surface area contributed by atoms with E-state index in [0.29, 0.717) is 13.1 Å². The zero-order valence-corrected chi connectivity index (χ0v) is 14.8. The lowest BCUT2D eigenvalue weighted by Gasteiger charge is -2.39. The predicted octanol–water partition coefficient (Wildman–Crippen LogP) is 2.04. The van der Waals surface area contributed by atoms with Crippen LogP contribution in [0.4, 0.5) is 0 Å². The van der Waals surface area contributed by atoms with Gasteiger partial charge in [-0.05, 0) is 27.2 Å². The minimum absolute atomic E-state index is 0.209. The van der Waals surface area contributed by atoms with Crippen molar-refractivity contribution in [2.24, 2.45) is 4.99 Å². The molecule has 0 spiro atoms. The molecule has 1 aliphatic heterocycles. The van der Waals surface area contributed by atoms with Gasteiger partial charge < -0.3 is 10.2 Å². The van der Waals surface area contributed by atoms with E-state index >= 15 is 0 Å². The van der Waals surface area contributed by atoms with Crippen molar-refractivity contribution >= 4 is 15.8 Å². The van der Waals surface area contributed by atoms with Crippen LogP contribution in [0.1, 0.15) is 53.4 Å². The highest BCUT2D eigenvalue weighted by Crippen LogP contribution is 2.23. The number of nitrogens with one attached hydrogen (secondary N) is 1. The van der Waals surface area contributed by atoms with E-state index in [-0.39, 0.29) is 5.75 Å². The van der Waals surface area contributed by atoms with Gasteiger partial charge in [0.25, 0.3) is 0 Å². The Morgan fingerprint density at radius 2 is 1.95 bits per heavy atom. The first-order chi connectivity index (χ1) is 9.84. The minimum Gasteiger partial charge on any atom is -0.357 e. The second kappa shape index (κ2) is 8.01.